The lowest BCUT2D eigenvalue weighted by Gasteiger charge is -2.23. The number of halogens is 1. The summed E-state index contributed by atoms with van der Waals surface area (Å²) in [5.41, 5.74) is 22.0. The molecule has 3 heterocycles. The number of aromatic hydroxyl groups is 4. The Morgan fingerprint density at radius 2 is 0.616 bits per heavy atom. The highest BCUT2D eigenvalue weighted by Crippen LogP contribution is 2.30. The van der Waals surface area contributed by atoms with Crippen LogP contribution in [0.25, 0.3) is 0 Å². The summed E-state index contributed by atoms with van der Waals surface area (Å²) in [7, 11) is 1.70. The van der Waals surface area contributed by atoms with Gasteiger partial charge in [0.2, 0.25) is 0 Å². The molecule has 19 heteroatoms. The minimum atomic E-state index is -0.196. The van der Waals surface area contributed by atoms with Gasteiger partial charge in [-0.15, -0.1) is 22.7 Å². The van der Waals surface area contributed by atoms with E-state index in [4.69, 9.17) is 9.47 Å². The maximum absolute atomic E-state index is 13.1. The van der Waals surface area contributed by atoms with Crippen LogP contribution in [0.15, 0.2) is 339 Å². The largest absolute Gasteiger partial charge is 0.508 e. The summed E-state index contributed by atoms with van der Waals surface area (Å²) in [5, 5.41) is 55.0. The fraction of sp³-hybridized carbons (Fsp3) is 0.208. The number of aliphatic hydroxyl groups excluding tert-OH is 1. The fourth-order valence-electron chi connectivity index (χ4n) is 14.0. The van der Waals surface area contributed by atoms with Crippen LogP contribution in [0.3, 0.4) is 0 Å². The van der Waals surface area contributed by atoms with E-state index in [9.17, 15) is 34.7 Å². The molecule has 125 heavy (non-hydrogen) atoms. The van der Waals surface area contributed by atoms with Crippen LogP contribution in [-0.2, 0) is 121 Å². The first-order valence-electron chi connectivity index (χ1n) is 41.7. The molecule has 0 atom stereocenters. The summed E-state index contributed by atoms with van der Waals surface area (Å²) in [6.45, 7) is 21.0. The van der Waals surface area contributed by atoms with Gasteiger partial charge in [0.1, 0.15) is 51.2 Å². The van der Waals surface area contributed by atoms with Crippen molar-refractivity contribution in [3.8, 4) is 28.7 Å². The van der Waals surface area contributed by atoms with Crippen molar-refractivity contribution in [2.75, 3.05) is 7.11 Å². The summed E-state index contributed by atoms with van der Waals surface area (Å²) in [6.07, 6.45) is 7.11. The summed E-state index contributed by atoms with van der Waals surface area (Å²) < 4.78 is 23.2. The second-order valence-corrected chi connectivity index (χ2v) is 33.1. The number of hydrogen-bond acceptors (Lipinski definition) is 18. The highest BCUT2D eigenvalue weighted by molar-refractivity contribution is 7.09. The SMILES string of the molecule is COc1ccc(CN(Cc2ccc(C)cc2)Cc2nccs2)cc1.Cc1ccc(CN(Cc2ccc(F)cc2)Cc2nccs2)cc1.Cc1ccc(CN(Cc2ccccc2)Cc2ccc(CO)cc2)cc1.Cc1ccc(CN(Cc2ccccc2)Cc2ccc(COC=O)cc2)cc1.Oc1ccc(O)c(CN(Cc2ccncc2)Cc2cc(O)ccc2O)c1. The van der Waals surface area contributed by atoms with Crippen molar-refractivity contribution < 1.29 is 44.2 Å². The fourth-order valence-corrected chi connectivity index (χ4v) is 15.3. The number of carbonyl (C=O) groups excluding carboxylic acids is 1. The minimum Gasteiger partial charge on any atom is -0.508 e. The standard InChI is InChI=1S/C24H25NO2.C23H25NO.C20H20N2O4.C20H22N2OS.C19H19FN2S/c1-20-7-9-22(10-8-20)16-25(15-21-5-3-2-4-6-21)17-23-11-13-24(14-12-23)18-27-19-26;1-19-7-9-21(10-8-19)16-24(15-20-5-3-2-4-6-20)17-22-11-13-23(18-25)14-12-22;23-17-1-3-19(25)15(9-17)12-22(11-14-5-7-21-8-6-14)13-16-10-18(24)2-4-20(16)26;1-16-3-5-17(6-4-16)13-22(15-20-21-11-12-24-20)14-18-7-9-19(23-2)10-8-18;1-15-2-4-16(5-3-15)12-22(14-19-21-10-11-23-19)13-17-6-8-18(20)9-7-17/h2-14,19H,15-18H2,1H3;2-14,25H,15-18H2,1H3;1-10,23-26H,11-13H2;3-12H,13-15H2,1-2H3;2-11H,12-14H2,1H3. The van der Waals surface area contributed by atoms with E-state index in [0.29, 0.717) is 43.8 Å². The van der Waals surface area contributed by atoms with E-state index in [1.165, 1.54) is 121 Å². The van der Waals surface area contributed by atoms with E-state index >= 15 is 0 Å². The van der Waals surface area contributed by atoms with Crippen LogP contribution < -0.4 is 4.74 Å². The third-order valence-corrected chi connectivity index (χ3v) is 22.1. The normalized spacial score (nSPS) is 10.9. The number of benzene rings is 12. The molecular formula is C106H111FN8O8S2. The molecule has 0 saturated heterocycles. The molecule has 0 bridgehead atoms. The smallest absolute Gasteiger partial charge is 0.293 e. The molecule has 0 unspecified atom stereocenters. The van der Waals surface area contributed by atoms with Crippen molar-refractivity contribution in [3.63, 3.8) is 0 Å². The number of phenolic OH excluding ortho intramolecular Hbond substituents is 4. The second kappa shape index (κ2) is 50.1. The summed E-state index contributed by atoms with van der Waals surface area (Å²) in [4.78, 5) is 34.8. The predicted molar refractivity (Wildman–Crippen MR) is 499 cm³/mol. The first-order chi connectivity index (χ1) is 60.9. The van der Waals surface area contributed by atoms with Crippen molar-refractivity contribution in [1.82, 2.24) is 39.5 Å². The van der Waals surface area contributed by atoms with Gasteiger partial charge in [-0.1, -0.05) is 253 Å². The molecule has 0 fully saturated rings. The zero-order valence-electron chi connectivity index (χ0n) is 71.7. The van der Waals surface area contributed by atoms with Gasteiger partial charge in [0.15, 0.2) is 0 Å². The molecular weight excluding hydrogens is 1600 g/mol. The first kappa shape index (κ1) is 92.9. The van der Waals surface area contributed by atoms with Crippen LogP contribution in [0, 0.1) is 33.5 Å². The number of carbonyl (C=O) groups is 1. The number of aliphatic hydroxyl groups is 1. The topological polar surface area (TPSA) is 192 Å². The van der Waals surface area contributed by atoms with Gasteiger partial charge < -0.3 is 35.0 Å². The van der Waals surface area contributed by atoms with Crippen molar-refractivity contribution >= 4 is 29.1 Å². The average molecular weight is 1710 g/mol. The van der Waals surface area contributed by atoms with E-state index in [1.807, 2.05) is 94.8 Å². The lowest BCUT2D eigenvalue weighted by molar-refractivity contribution is -0.129. The Labute approximate surface area is 743 Å². The number of ether oxygens (including phenoxy) is 2. The lowest BCUT2D eigenvalue weighted by Crippen LogP contribution is -2.22. The molecule has 16 nitrogen and oxygen atoms in total. The number of aryl methyl sites for hydroxylation is 4. The van der Waals surface area contributed by atoms with Gasteiger partial charge in [-0.25, -0.2) is 14.4 Å². The van der Waals surface area contributed by atoms with Gasteiger partial charge in [-0.3, -0.25) is 34.3 Å². The number of pyridine rings is 1. The molecule has 0 aliphatic rings. The molecule has 5 N–H and O–H groups in total. The molecule has 0 aliphatic heterocycles. The van der Waals surface area contributed by atoms with Crippen LogP contribution in [0.5, 0.6) is 28.7 Å². The minimum absolute atomic E-state index is 0.0712. The molecule has 0 spiro atoms. The van der Waals surface area contributed by atoms with Gasteiger partial charge in [0, 0.05) is 132 Å². The van der Waals surface area contributed by atoms with Gasteiger partial charge in [-0.05, 0) is 173 Å². The van der Waals surface area contributed by atoms with Crippen LogP contribution >= 0.6 is 22.7 Å². The van der Waals surface area contributed by atoms with Crippen LogP contribution in [0.4, 0.5) is 4.39 Å². The molecule has 12 aromatic carbocycles. The van der Waals surface area contributed by atoms with Crippen LogP contribution in [0.2, 0.25) is 0 Å². The van der Waals surface area contributed by atoms with Gasteiger partial charge in [0.25, 0.3) is 6.47 Å². The highest BCUT2D eigenvalue weighted by atomic mass is 32.1. The quantitative estimate of drug-likeness (QED) is 0.0186. The first-order valence-corrected chi connectivity index (χ1v) is 43.4. The number of hydrogen-bond donors (Lipinski definition) is 5. The molecule has 0 amide bonds. The number of nitrogens with zero attached hydrogens (tertiary/aromatic N) is 8. The van der Waals surface area contributed by atoms with Crippen molar-refractivity contribution in [2.24, 2.45) is 0 Å². The Kier molecular flexibility index (Phi) is 37.2. The number of phenols is 4. The number of rotatable bonds is 35. The Morgan fingerprint density at radius 3 is 0.936 bits per heavy atom. The maximum atomic E-state index is 13.1. The molecule has 15 rings (SSSR count). The third-order valence-electron chi connectivity index (χ3n) is 20.6. The van der Waals surface area contributed by atoms with Crippen molar-refractivity contribution in [2.45, 2.75) is 139 Å². The van der Waals surface area contributed by atoms with Gasteiger partial charge in [0.05, 0.1) is 26.8 Å². The van der Waals surface area contributed by atoms with E-state index in [-0.39, 0.29) is 35.4 Å². The van der Waals surface area contributed by atoms with Crippen molar-refractivity contribution in [1.29, 1.82) is 0 Å². The lowest BCUT2D eigenvalue weighted by atomic mass is 10.1. The zero-order chi connectivity index (χ0) is 87.8. The Hall–Kier alpha value is -12.8. The zero-order valence-corrected chi connectivity index (χ0v) is 73.3. The number of aromatic nitrogens is 3. The maximum Gasteiger partial charge on any atom is 0.293 e. The molecule has 0 aliphatic carbocycles. The number of thiazole rings is 2. The van der Waals surface area contributed by atoms with Crippen LogP contribution in [0.1, 0.15) is 116 Å². The number of methoxy groups -OCH3 is 1. The van der Waals surface area contributed by atoms with E-state index in [1.54, 1.807) is 42.2 Å². The Morgan fingerprint density at radius 1 is 0.328 bits per heavy atom. The molecule has 0 saturated carbocycles. The summed E-state index contributed by atoms with van der Waals surface area (Å²) >= 11 is 3.37. The third kappa shape index (κ3) is 33.4. The van der Waals surface area contributed by atoms with Gasteiger partial charge >= 0.3 is 0 Å². The predicted octanol–water partition coefficient (Wildman–Crippen LogP) is 22.1. The molecule has 0 radical (unpaired) electrons. The van der Waals surface area contributed by atoms with E-state index < -0.39 is 0 Å². The Bertz CT molecular complexity index is 5460. The monoisotopic (exact) mass is 1710 g/mol. The van der Waals surface area contributed by atoms with E-state index in [0.717, 1.165) is 117 Å². The second-order valence-electron chi connectivity index (χ2n) is 31.1. The summed E-state index contributed by atoms with van der Waals surface area (Å²) in [5.74, 6) is 1.01. The van der Waals surface area contributed by atoms with Crippen LogP contribution in [-0.4, -0.2) is 78.6 Å². The van der Waals surface area contributed by atoms with Crippen molar-refractivity contribution in [3.05, 3.63) is 460 Å². The molecule has 15 aromatic rings. The van der Waals surface area contributed by atoms with Gasteiger partial charge in [-0.2, -0.15) is 0 Å². The molecule has 642 valence electrons. The average Bonchev–Trinajstić information content (AvgIpc) is 1.29. The molecule has 3 aromatic heterocycles. The summed E-state index contributed by atoms with van der Waals surface area (Å²) in [6, 6.07) is 100. The van der Waals surface area contributed by atoms with E-state index in [2.05, 4.69) is 250 Å². The Balaban J connectivity index is 0.000000152. The highest BCUT2D eigenvalue weighted by Gasteiger charge is 2.18.